The lowest BCUT2D eigenvalue weighted by Gasteiger charge is -2.51. The smallest absolute Gasteiger partial charge is 0.160 e. The van der Waals surface area contributed by atoms with E-state index in [2.05, 4.69) is 58.9 Å². The second kappa shape index (κ2) is 20.1. The van der Waals surface area contributed by atoms with Crippen molar-refractivity contribution >= 4 is 22.3 Å². The molecule has 9 N–H and O–H groups in total. The Hall–Kier alpha value is -4.70. The van der Waals surface area contributed by atoms with Gasteiger partial charge in [-0.1, -0.05) is 73.2 Å². The molecule has 67 heavy (non-hydrogen) atoms. The van der Waals surface area contributed by atoms with Gasteiger partial charge in [-0.3, -0.25) is 9.59 Å². The summed E-state index contributed by atoms with van der Waals surface area (Å²) >= 11 is 0. The molecule has 2 aliphatic heterocycles. The SMILES string of the molecule is COc1cc2c(cc1O)C(CC(O)C(O)CC(C1=CCNC(N)=C1)c1ccc3ccccc3c1)C#CC1(CCC(CC3(C4CNC5CC(=O)CC(CCO)C5C4)CCCC3)CC1O)C(=O)CC2. The van der Waals surface area contributed by atoms with E-state index in [1.807, 2.05) is 18.2 Å². The molecule has 3 aromatic carbocycles. The maximum Gasteiger partial charge on any atom is 0.160 e. The van der Waals surface area contributed by atoms with Crippen molar-refractivity contribution in [3.63, 3.8) is 0 Å². The van der Waals surface area contributed by atoms with Gasteiger partial charge in [0.05, 0.1) is 31.2 Å². The van der Waals surface area contributed by atoms with Gasteiger partial charge in [0.15, 0.2) is 17.3 Å². The van der Waals surface area contributed by atoms with E-state index >= 15 is 0 Å². The average molecular weight is 914 g/mol. The van der Waals surface area contributed by atoms with E-state index in [9.17, 15) is 35.1 Å². The summed E-state index contributed by atoms with van der Waals surface area (Å²) in [4.78, 5) is 27.2. The van der Waals surface area contributed by atoms with Crippen LogP contribution in [0.15, 0.2) is 78.1 Å². The Balaban J connectivity index is 0.961. The number of aliphatic hydroxyl groups is 4. The first-order chi connectivity index (χ1) is 32.4. The van der Waals surface area contributed by atoms with Crippen LogP contribution in [0, 0.1) is 46.3 Å². The highest BCUT2D eigenvalue weighted by Crippen LogP contribution is 2.56. The molecule has 9 rings (SSSR count). The molecular formula is C56H71N3O8. The first-order valence-electron chi connectivity index (χ1n) is 25.1. The molecule has 11 heteroatoms. The largest absolute Gasteiger partial charge is 0.504 e. The Morgan fingerprint density at radius 1 is 0.970 bits per heavy atom. The molecule has 0 bridgehead atoms. The fraction of sp³-hybridized carbons (Fsp3) is 0.571. The Morgan fingerprint density at radius 2 is 1.78 bits per heavy atom. The van der Waals surface area contributed by atoms with Gasteiger partial charge in [0.25, 0.3) is 0 Å². The van der Waals surface area contributed by atoms with E-state index < -0.39 is 29.6 Å². The van der Waals surface area contributed by atoms with Crippen LogP contribution in [0.5, 0.6) is 11.5 Å². The number of nitrogens with two attached hydrogens (primary N) is 1. The van der Waals surface area contributed by atoms with Crippen molar-refractivity contribution in [1.82, 2.24) is 10.6 Å². The molecule has 4 fully saturated rings. The van der Waals surface area contributed by atoms with Crippen molar-refractivity contribution in [3.05, 3.63) is 94.8 Å². The van der Waals surface area contributed by atoms with Gasteiger partial charge in [-0.25, -0.2) is 0 Å². The minimum atomic E-state index is -1.28. The summed E-state index contributed by atoms with van der Waals surface area (Å²) in [5.74, 6) is 8.05. The van der Waals surface area contributed by atoms with Gasteiger partial charge in [-0.15, -0.1) is 0 Å². The van der Waals surface area contributed by atoms with Crippen molar-refractivity contribution in [2.24, 2.45) is 40.2 Å². The fourth-order valence-corrected chi connectivity index (χ4v) is 13.7. The zero-order chi connectivity index (χ0) is 46.9. The molecule has 1 spiro atoms. The number of aromatic hydroxyl groups is 1. The number of hydrogen-bond acceptors (Lipinski definition) is 11. The van der Waals surface area contributed by atoms with Crippen molar-refractivity contribution in [1.29, 1.82) is 0 Å². The number of aliphatic hydroxyl groups excluding tert-OH is 4. The number of aryl methyl sites for hydroxylation is 1. The molecule has 6 aliphatic rings. The molecule has 0 radical (unpaired) electrons. The second-order valence-corrected chi connectivity index (χ2v) is 21.1. The Morgan fingerprint density at radius 3 is 2.54 bits per heavy atom. The van der Waals surface area contributed by atoms with E-state index in [1.165, 1.54) is 20.0 Å². The lowest BCUT2D eigenvalue weighted by molar-refractivity contribution is -0.135. The molecule has 0 aromatic heterocycles. The number of methoxy groups -OCH3 is 1. The first-order valence-corrected chi connectivity index (χ1v) is 25.1. The van der Waals surface area contributed by atoms with Crippen LogP contribution in [0.4, 0.5) is 0 Å². The number of dihydropyridines is 1. The van der Waals surface area contributed by atoms with Gasteiger partial charge in [0, 0.05) is 50.3 Å². The highest BCUT2D eigenvalue weighted by atomic mass is 16.5. The molecule has 11 atom stereocenters. The van der Waals surface area contributed by atoms with Gasteiger partial charge in [-0.2, -0.15) is 0 Å². The highest BCUT2D eigenvalue weighted by molar-refractivity contribution is 5.89. The summed E-state index contributed by atoms with van der Waals surface area (Å²) in [7, 11) is 1.49. The van der Waals surface area contributed by atoms with Gasteiger partial charge in [0.1, 0.15) is 11.2 Å². The fourth-order valence-electron chi connectivity index (χ4n) is 13.7. The number of phenols is 1. The van der Waals surface area contributed by atoms with E-state index in [0.29, 0.717) is 74.1 Å². The van der Waals surface area contributed by atoms with Crippen LogP contribution < -0.4 is 21.1 Å². The molecule has 0 amide bonds. The lowest BCUT2D eigenvalue weighted by atomic mass is 9.57. The summed E-state index contributed by atoms with van der Waals surface area (Å²) in [5.41, 5.74) is 8.48. The van der Waals surface area contributed by atoms with Crippen molar-refractivity contribution < 1.29 is 39.9 Å². The molecule has 3 saturated carbocycles. The number of phenolic OH excluding ortho intramolecular Hbond substituents is 1. The summed E-state index contributed by atoms with van der Waals surface area (Å²) in [5, 5.41) is 66.4. The summed E-state index contributed by atoms with van der Waals surface area (Å²) in [6, 6.07) is 18.0. The zero-order valence-corrected chi connectivity index (χ0v) is 39.1. The minimum absolute atomic E-state index is 0.0338. The summed E-state index contributed by atoms with van der Waals surface area (Å²) in [6.45, 7) is 1.53. The van der Waals surface area contributed by atoms with Crippen LogP contribution in [0.3, 0.4) is 0 Å². The third-order valence-corrected chi connectivity index (χ3v) is 17.3. The third-order valence-electron chi connectivity index (χ3n) is 17.3. The number of nitrogens with one attached hydrogen (secondary N) is 2. The molecule has 4 aliphatic carbocycles. The molecule has 1 saturated heterocycles. The number of ketones is 2. The van der Waals surface area contributed by atoms with Gasteiger partial charge in [-0.05, 0) is 158 Å². The Kier molecular flexibility index (Phi) is 14.2. The lowest BCUT2D eigenvalue weighted by Crippen LogP contribution is -2.55. The average Bonchev–Trinajstić information content (AvgIpc) is 3.82. The molecule has 11 unspecified atom stereocenters. The number of Topliss-reactive ketones (excluding diaryl/α,β-unsaturated/α-hetero) is 2. The maximum atomic E-state index is 14.6. The van der Waals surface area contributed by atoms with E-state index in [0.717, 1.165) is 66.1 Å². The summed E-state index contributed by atoms with van der Waals surface area (Å²) < 4.78 is 5.51. The number of piperidine rings is 1. The van der Waals surface area contributed by atoms with Gasteiger partial charge in [0.2, 0.25) is 0 Å². The molecular weight excluding hydrogens is 843 g/mol. The quantitative estimate of drug-likeness (QED) is 0.0839. The van der Waals surface area contributed by atoms with Gasteiger partial charge < -0.3 is 46.6 Å². The standard InChI is InChI=1S/C56H71N3O8/c1-67-51-26-38-10-11-52(65)56(18-12-34(22-53(56)66)32-55(16-4-5-17-55)42-28-46-41(15-21-60)24-43(61)29-47(46)59-33-42)19-13-39(45(38)31-50(51)64)25-48(62)49(63)30-44(40-14-20-58-54(57)27-40)37-9-8-35-6-2-3-7-36(35)23-37/h2-3,6-9,14,23,26-27,31,34,39,41-42,44,46-49,53,58-60,62-64,66H,4-5,10-12,15-18,20-22,24-25,28-30,32-33,57H2,1H3. The Labute approximate surface area is 395 Å². The number of hydrogen-bond donors (Lipinski definition) is 8. The van der Waals surface area contributed by atoms with Crippen molar-refractivity contribution in [2.75, 3.05) is 26.8 Å². The first kappa shape index (κ1) is 47.4. The number of fused-ring (bicyclic) bond motifs is 3. The second-order valence-electron chi connectivity index (χ2n) is 21.1. The molecule has 3 aromatic rings. The number of carbonyl (C=O) groups is 2. The number of ether oxygens (including phenoxy) is 1. The molecule has 2 heterocycles. The number of allylic oxidation sites excluding steroid dienone is 2. The van der Waals surface area contributed by atoms with Crippen LogP contribution in [0.25, 0.3) is 10.8 Å². The minimum Gasteiger partial charge on any atom is -0.504 e. The van der Waals surface area contributed by atoms with Crippen LogP contribution in [-0.4, -0.2) is 88.3 Å². The molecule has 11 nitrogen and oxygen atoms in total. The van der Waals surface area contributed by atoms with Crippen LogP contribution in [0.1, 0.15) is 125 Å². The van der Waals surface area contributed by atoms with Crippen LogP contribution in [-0.2, 0) is 16.0 Å². The topological polar surface area (TPSA) is 195 Å². The van der Waals surface area contributed by atoms with E-state index in [-0.39, 0.29) is 72.4 Å². The number of carbonyl (C=O) groups excluding carboxylic acids is 2. The van der Waals surface area contributed by atoms with Crippen molar-refractivity contribution in [2.45, 2.75) is 139 Å². The summed E-state index contributed by atoms with van der Waals surface area (Å²) in [6.07, 6.45) is 11.5. The van der Waals surface area contributed by atoms with E-state index in [4.69, 9.17) is 10.5 Å². The van der Waals surface area contributed by atoms with E-state index in [1.54, 1.807) is 12.1 Å². The predicted molar refractivity (Wildman–Crippen MR) is 259 cm³/mol. The Bertz CT molecular complexity index is 2430. The normalized spacial score (nSPS) is 30.8. The predicted octanol–water partition coefficient (Wildman–Crippen LogP) is 6.83. The zero-order valence-electron chi connectivity index (χ0n) is 39.1. The number of benzene rings is 3. The maximum absolute atomic E-state index is 14.6. The molecule has 358 valence electrons. The van der Waals surface area contributed by atoms with Gasteiger partial charge >= 0.3 is 0 Å². The van der Waals surface area contributed by atoms with Crippen molar-refractivity contribution in [3.8, 4) is 23.3 Å². The third kappa shape index (κ3) is 9.80. The highest BCUT2D eigenvalue weighted by Gasteiger charge is 2.52. The number of rotatable bonds is 13. The van der Waals surface area contributed by atoms with Crippen LogP contribution >= 0.6 is 0 Å². The monoisotopic (exact) mass is 914 g/mol. The van der Waals surface area contributed by atoms with Crippen LogP contribution in [0.2, 0.25) is 0 Å².